The Morgan fingerprint density at radius 2 is 2.00 bits per heavy atom. The third kappa shape index (κ3) is 4.51. The van der Waals surface area contributed by atoms with E-state index < -0.39 is 0 Å². The minimum Gasteiger partial charge on any atom is -0.461 e. The van der Waals surface area contributed by atoms with Crippen molar-refractivity contribution in [2.45, 2.75) is 72.4 Å². The van der Waals surface area contributed by atoms with Gasteiger partial charge in [-0.05, 0) is 61.7 Å². The van der Waals surface area contributed by atoms with E-state index in [2.05, 4.69) is 25.8 Å². The Labute approximate surface area is 168 Å². The highest BCUT2D eigenvalue weighted by Crippen LogP contribution is 2.38. The van der Waals surface area contributed by atoms with Crippen LogP contribution in [0.25, 0.3) is 10.2 Å². The molecule has 0 aliphatic heterocycles. The van der Waals surface area contributed by atoms with Crippen LogP contribution in [0.2, 0.25) is 0 Å². The van der Waals surface area contributed by atoms with Crippen LogP contribution >= 0.6 is 23.6 Å². The zero-order valence-corrected chi connectivity index (χ0v) is 18.1. The number of fused-ring (bicyclic) bond motifs is 1. The lowest BCUT2D eigenvalue weighted by atomic mass is 9.72. The fraction of sp³-hybridized carbons (Fsp3) is 0.650. The Bertz CT molecular complexity index is 941. The number of carbonyl (C=O) groups is 1. The molecule has 3 rings (SSSR count). The number of carbonyl (C=O) groups excluding carboxylic acids is 1. The van der Waals surface area contributed by atoms with Crippen LogP contribution in [-0.4, -0.2) is 21.6 Å². The number of rotatable bonds is 4. The number of aryl methyl sites for hydroxylation is 1. The van der Waals surface area contributed by atoms with Crippen LogP contribution in [0.3, 0.4) is 0 Å². The average Bonchev–Trinajstić information content (AvgIpc) is 3.01. The van der Waals surface area contributed by atoms with Gasteiger partial charge < -0.3 is 9.72 Å². The number of nitrogens with one attached hydrogen (secondary N) is 1. The van der Waals surface area contributed by atoms with E-state index in [1.165, 1.54) is 15.9 Å². The minimum atomic E-state index is -0.388. The number of H-pyrrole nitrogens is 1. The van der Waals surface area contributed by atoms with E-state index >= 15 is 0 Å². The first-order chi connectivity index (χ1) is 12.7. The van der Waals surface area contributed by atoms with Crippen LogP contribution < -0.4 is 5.56 Å². The molecular formula is C20H28N2O3S2. The van der Waals surface area contributed by atoms with Crippen molar-refractivity contribution in [3.8, 4) is 0 Å². The fourth-order valence-corrected chi connectivity index (χ4v) is 5.11. The van der Waals surface area contributed by atoms with Crippen LogP contribution in [0, 0.1) is 16.1 Å². The Morgan fingerprint density at radius 1 is 1.33 bits per heavy atom. The van der Waals surface area contributed by atoms with Crippen molar-refractivity contribution < 1.29 is 9.53 Å². The Hall–Kier alpha value is -1.47. The molecule has 27 heavy (non-hydrogen) atoms. The Kier molecular flexibility index (Phi) is 5.91. The number of hydrogen-bond acceptors (Lipinski definition) is 5. The van der Waals surface area contributed by atoms with E-state index in [1.54, 1.807) is 0 Å². The molecule has 2 aromatic rings. The van der Waals surface area contributed by atoms with E-state index in [1.807, 2.05) is 13.0 Å². The van der Waals surface area contributed by atoms with Gasteiger partial charge in [-0.3, -0.25) is 14.2 Å². The largest absolute Gasteiger partial charge is 0.461 e. The molecule has 1 aliphatic carbocycles. The zero-order chi connectivity index (χ0) is 19.8. The van der Waals surface area contributed by atoms with Gasteiger partial charge in [0.15, 0.2) is 4.77 Å². The summed E-state index contributed by atoms with van der Waals surface area (Å²) in [5.41, 5.74) is 0.0703. The van der Waals surface area contributed by atoms with Gasteiger partial charge in [0.05, 0.1) is 5.39 Å². The third-order valence-corrected chi connectivity index (χ3v) is 7.07. The summed E-state index contributed by atoms with van der Waals surface area (Å²) >= 11 is 6.83. The maximum absolute atomic E-state index is 12.7. The van der Waals surface area contributed by atoms with Gasteiger partial charge in [-0.25, -0.2) is 0 Å². The molecule has 5 nitrogen and oxygen atoms in total. The van der Waals surface area contributed by atoms with E-state index in [-0.39, 0.29) is 28.9 Å². The van der Waals surface area contributed by atoms with Gasteiger partial charge in [0, 0.05) is 4.88 Å². The second-order valence-corrected chi connectivity index (χ2v) is 9.98. The SMILES string of the molecule is CCc1cc2c(=O)n(CC(=O)OC3CCC(C(C)(C)C)CC3)c(=S)[nH]c2s1. The van der Waals surface area contributed by atoms with E-state index in [0.29, 0.717) is 16.7 Å². The van der Waals surface area contributed by atoms with Crippen molar-refractivity contribution in [1.29, 1.82) is 0 Å². The van der Waals surface area contributed by atoms with Crippen LogP contribution in [0.4, 0.5) is 0 Å². The maximum atomic E-state index is 12.7. The first-order valence-electron chi connectivity index (χ1n) is 9.64. The topological polar surface area (TPSA) is 64.1 Å². The molecule has 0 spiro atoms. The third-order valence-electron chi connectivity index (χ3n) is 5.56. The van der Waals surface area contributed by atoms with Gasteiger partial charge in [-0.2, -0.15) is 0 Å². The second kappa shape index (κ2) is 7.87. The molecule has 2 heterocycles. The van der Waals surface area contributed by atoms with Crippen molar-refractivity contribution in [3.63, 3.8) is 0 Å². The standard InChI is InChI=1S/C20H28N2O3S2/c1-5-14-10-15-17(27-14)21-19(26)22(18(15)24)11-16(23)25-13-8-6-12(7-9-13)20(2,3)4/h10,12-13H,5-9,11H2,1-4H3,(H,21,26). The summed E-state index contributed by atoms with van der Waals surface area (Å²) in [6, 6.07) is 1.88. The molecule has 0 bridgehead atoms. The summed E-state index contributed by atoms with van der Waals surface area (Å²) in [5, 5.41) is 0.587. The van der Waals surface area contributed by atoms with E-state index in [9.17, 15) is 9.59 Å². The lowest BCUT2D eigenvalue weighted by Gasteiger charge is -2.36. The molecule has 0 saturated heterocycles. The van der Waals surface area contributed by atoms with Crippen molar-refractivity contribution in [2.75, 3.05) is 0 Å². The quantitative estimate of drug-likeness (QED) is 0.581. The molecule has 2 aromatic heterocycles. The summed E-state index contributed by atoms with van der Waals surface area (Å²) in [6.07, 6.45) is 4.72. The molecule has 0 radical (unpaired) electrons. The van der Waals surface area contributed by atoms with Crippen LogP contribution in [0.1, 0.15) is 58.3 Å². The number of ether oxygens (including phenoxy) is 1. The summed E-state index contributed by atoms with van der Waals surface area (Å²) in [5.74, 6) is 0.277. The summed E-state index contributed by atoms with van der Waals surface area (Å²) in [6.45, 7) is 8.71. The number of esters is 1. The molecule has 0 atom stereocenters. The predicted octanol–water partition coefficient (Wildman–Crippen LogP) is 4.83. The smallest absolute Gasteiger partial charge is 0.326 e. The molecule has 1 N–H and O–H groups in total. The molecule has 0 aromatic carbocycles. The van der Waals surface area contributed by atoms with Gasteiger partial charge in [-0.15, -0.1) is 11.3 Å². The first-order valence-corrected chi connectivity index (χ1v) is 10.9. The van der Waals surface area contributed by atoms with Gasteiger partial charge in [-0.1, -0.05) is 27.7 Å². The number of nitrogens with zero attached hydrogens (tertiary/aromatic N) is 1. The first kappa shape index (κ1) is 20.3. The molecule has 0 unspecified atom stereocenters. The molecule has 1 aliphatic rings. The second-order valence-electron chi connectivity index (χ2n) is 8.46. The molecule has 148 valence electrons. The molecule has 1 fully saturated rings. The molecular weight excluding hydrogens is 380 g/mol. The van der Waals surface area contributed by atoms with Crippen molar-refractivity contribution in [3.05, 3.63) is 26.1 Å². The van der Waals surface area contributed by atoms with Crippen molar-refractivity contribution in [1.82, 2.24) is 9.55 Å². The number of aromatic amines is 1. The Morgan fingerprint density at radius 3 is 2.59 bits per heavy atom. The highest BCUT2D eigenvalue weighted by molar-refractivity contribution is 7.71. The highest BCUT2D eigenvalue weighted by atomic mass is 32.1. The zero-order valence-electron chi connectivity index (χ0n) is 16.5. The van der Waals surface area contributed by atoms with Gasteiger partial charge in [0.1, 0.15) is 17.5 Å². The summed E-state index contributed by atoms with van der Waals surface area (Å²) in [4.78, 5) is 30.1. The minimum absolute atomic E-state index is 0.0547. The monoisotopic (exact) mass is 408 g/mol. The van der Waals surface area contributed by atoms with Crippen molar-refractivity contribution >= 4 is 39.7 Å². The van der Waals surface area contributed by atoms with Crippen molar-refractivity contribution in [2.24, 2.45) is 11.3 Å². The number of aromatic nitrogens is 2. The molecule has 0 amide bonds. The summed E-state index contributed by atoms with van der Waals surface area (Å²) in [7, 11) is 0. The van der Waals surface area contributed by atoms with Gasteiger partial charge >= 0.3 is 5.97 Å². The molecule has 7 heteroatoms. The lowest BCUT2D eigenvalue weighted by molar-refractivity contribution is -0.152. The Balaban J connectivity index is 1.68. The van der Waals surface area contributed by atoms with E-state index in [4.69, 9.17) is 17.0 Å². The lowest BCUT2D eigenvalue weighted by Crippen LogP contribution is -2.32. The summed E-state index contributed by atoms with van der Waals surface area (Å²) < 4.78 is 7.23. The average molecular weight is 409 g/mol. The number of thiophene rings is 1. The number of hydrogen-bond donors (Lipinski definition) is 1. The highest BCUT2D eigenvalue weighted by Gasteiger charge is 2.31. The molecule has 1 saturated carbocycles. The normalized spacial score (nSPS) is 20.7. The maximum Gasteiger partial charge on any atom is 0.326 e. The van der Waals surface area contributed by atoms with Gasteiger partial charge in [0.25, 0.3) is 5.56 Å². The van der Waals surface area contributed by atoms with Gasteiger partial charge in [0.2, 0.25) is 0 Å². The predicted molar refractivity (Wildman–Crippen MR) is 112 cm³/mol. The van der Waals surface area contributed by atoms with Crippen LogP contribution in [0.5, 0.6) is 0 Å². The van der Waals surface area contributed by atoms with Crippen LogP contribution in [-0.2, 0) is 22.5 Å². The fourth-order valence-electron chi connectivity index (χ4n) is 3.81. The van der Waals surface area contributed by atoms with E-state index in [0.717, 1.165) is 41.8 Å². The van der Waals surface area contributed by atoms with Crippen LogP contribution in [0.15, 0.2) is 10.9 Å².